The first-order chi connectivity index (χ1) is 12.1. The quantitative estimate of drug-likeness (QED) is 0.449. The van der Waals surface area contributed by atoms with Crippen molar-refractivity contribution in [2.75, 3.05) is 25.4 Å². The van der Waals surface area contributed by atoms with Crippen molar-refractivity contribution in [3.05, 3.63) is 34.1 Å². The van der Waals surface area contributed by atoms with Crippen molar-refractivity contribution in [3.63, 3.8) is 0 Å². The lowest BCUT2D eigenvalue weighted by Gasteiger charge is -2.13. The third-order valence-corrected chi connectivity index (χ3v) is 6.11. The fourth-order valence-corrected chi connectivity index (χ4v) is 4.23. The molecule has 25 heavy (non-hydrogen) atoms. The van der Waals surface area contributed by atoms with Crippen LogP contribution in [0.25, 0.3) is 5.69 Å². The van der Waals surface area contributed by atoms with Gasteiger partial charge in [0, 0.05) is 5.75 Å². The molecule has 3 rings (SSSR count). The molecule has 0 atom stereocenters. The average molecular weight is 399 g/mol. The van der Waals surface area contributed by atoms with Crippen LogP contribution in [0.1, 0.15) is 37.9 Å². The highest BCUT2D eigenvalue weighted by Gasteiger charge is 2.11. The van der Waals surface area contributed by atoms with Crippen LogP contribution >= 0.6 is 35.0 Å². The first kappa shape index (κ1) is 19.0. The van der Waals surface area contributed by atoms with Crippen LogP contribution in [-0.4, -0.2) is 45.1 Å². The normalized spacial score (nSPS) is 15.2. The number of hydrogen-bond acceptors (Lipinski definition) is 4. The second-order valence-corrected chi connectivity index (χ2v) is 8.29. The van der Waals surface area contributed by atoms with Gasteiger partial charge in [-0.25, -0.2) is 9.67 Å². The molecule has 1 fully saturated rings. The number of thioether (sulfide) groups is 1. The van der Waals surface area contributed by atoms with Crippen LogP contribution in [0.5, 0.6) is 0 Å². The Morgan fingerprint density at radius 1 is 1.08 bits per heavy atom. The monoisotopic (exact) mass is 398 g/mol. The maximum atomic E-state index is 6.10. The highest BCUT2D eigenvalue weighted by atomic mass is 35.5. The van der Waals surface area contributed by atoms with Crippen LogP contribution in [0.4, 0.5) is 0 Å². The van der Waals surface area contributed by atoms with Crippen LogP contribution < -0.4 is 0 Å². The minimum Gasteiger partial charge on any atom is -0.303 e. The lowest BCUT2D eigenvalue weighted by molar-refractivity contribution is 0.330. The van der Waals surface area contributed by atoms with Gasteiger partial charge in [-0.1, -0.05) is 41.4 Å². The number of hydrogen-bond donors (Lipinski definition) is 0. The van der Waals surface area contributed by atoms with Crippen molar-refractivity contribution in [2.24, 2.45) is 0 Å². The number of nitrogens with zero attached hydrogens (tertiary/aromatic N) is 4. The molecule has 1 aliphatic heterocycles. The molecule has 1 aromatic heterocycles. The number of benzene rings is 1. The number of rotatable bonds is 8. The third kappa shape index (κ3) is 5.36. The first-order valence-electron chi connectivity index (χ1n) is 8.88. The molecule has 0 unspecified atom stereocenters. The Morgan fingerprint density at radius 2 is 1.88 bits per heavy atom. The lowest BCUT2D eigenvalue weighted by Crippen LogP contribution is -2.20. The molecule has 1 aromatic carbocycles. The number of likely N-dealkylation sites (tertiary alicyclic amines) is 1. The zero-order chi connectivity index (χ0) is 17.6. The SMILES string of the molecule is Cc1nc(SCCCCCN2CCCC2)nn1-c1ccc(Cl)c(Cl)c1. The Hall–Kier alpha value is -0.750. The van der Waals surface area contributed by atoms with E-state index in [1.807, 2.05) is 23.7 Å². The molecule has 0 radical (unpaired) electrons. The molecule has 0 aliphatic carbocycles. The minimum atomic E-state index is 0.529. The van der Waals surface area contributed by atoms with Crippen molar-refractivity contribution in [1.29, 1.82) is 0 Å². The molecule has 2 aromatic rings. The Kier molecular flexibility index (Phi) is 7.05. The summed E-state index contributed by atoms with van der Waals surface area (Å²) >= 11 is 13.8. The molecule has 1 aliphatic rings. The van der Waals surface area contributed by atoms with Crippen molar-refractivity contribution in [2.45, 2.75) is 44.2 Å². The Labute approximate surface area is 163 Å². The van der Waals surface area contributed by atoms with E-state index in [2.05, 4.69) is 15.0 Å². The van der Waals surface area contributed by atoms with Crippen molar-refractivity contribution >= 4 is 35.0 Å². The maximum absolute atomic E-state index is 6.10. The molecule has 4 nitrogen and oxygen atoms in total. The second kappa shape index (κ2) is 9.26. The maximum Gasteiger partial charge on any atom is 0.209 e. The van der Waals surface area contributed by atoms with Crippen LogP contribution in [0.2, 0.25) is 10.0 Å². The van der Waals surface area contributed by atoms with Crippen LogP contribution in [0.15, 0.2) is 23.4 Å². The Balaban J connectivity index is 1.44. The Bertz CT molecular complexity index is 698. The van der Waals surface area contributed by atoms with E-state index in [-0.39, 0.29) is 0 Å². The molecular weight excluding hydrogens is 375 g/mol. The molecule has 0 amide bonds. The lowest BCUT2D eigenvalue weighted by atomic mass is 10.2. The van der Waals surface area contributed by atoms with E-state index in [9.17, 15) is 0 Å². The number of aryl methyl sites for hydroxylation is 1. The number of aromatic nitrogens is 3. The zero-order valence-corrected chi connectivity index (χ0v) is 16.9. The molecule has 0 bridgehead atoms. The molecule has 0 saturated carbocycles. The average Bonchev–Trinajstić information content (AvgIpc) is 3.23. The van der Waals surface area contributed by atoms with Gasteiger partial charge < -0.3 is 4.90 Å². The molecule has 0 spiro atoms. The number of unbranched alkanes of at least 4 members (excludes halogenated alkanes) is 2. The van der Waals surface area contributed by atoms with Crippen molar-refractivity contribution < 1.29 is 0 Å². The van der Waals surface area contributed by atoms with Gasteiger partial charge in [0.1, 0.15) is 5.82 Å². The van der Waals surface area contributed by atoms with E-state index in [1.165, 1.54) is 51.7 Å². The van der Waals surface area contributed by atoms with Crippen molar-refractivity contribution in [1.82, 2.24) is 19.7 Å². The van der Waals surface area contributed by atoms with Crippen LogP contribution in [0, 0.1) is 6.92 Å². The van der Waals surface area contributed by atoms with E-state index in [0.717, 1.165) is 22.4 Å². The Morgan fingerprint density at radius 3 is 2.64 bits per heavy atom. The smallest absolute Gasteiger partial charge is 0.209 e. The molecule has 0 N–H and O–H groups in total. The van der Waals surface area contributed by atoms with Gasteiger partial charge in [0.15, 0.2) is 0 Å². The molecule has 136 valence electrons. The molecule has 1 saturated heterocycles. The summed E-state index contributed by atoms with van der Waals surface area (Å²) in [6.07, 6.45) is 6.53. The van der Waals surface area contributed by atoms with Gasteiger partial charge in [0.05, 0.1) is 15.7 Å². The van der Waals surface area contributed by atoms with Gasteiger partial charge in [0.2, 0.25) is 5.16 Å². The largest absolute Gasteiger partial charge is 0.303 e. The minimum absolute atomic E-state index is 0.529. The van der Waals surface area contributed by atoms with E-state index >= 15 is 0 Å². The fourth-order valence-electron chi connectivity index (χ4n) is 3.07. The standard InChI is InChI=1S/C18H24Cl2N4S/c1-14-21-18(22-24(14)15-7-8-16(19)17(20)13-15)25-12-6-2-3-9-23-10-4-5-11-23/h7-8,13H,2-6,9-12H2,1H3. The molecular formula is C18H24Cl2N4S. The van der Waals surface area contributed by atoms with E-state index < -0.39 is 0 Å². The summed E-state index contributed by atoms with van der Waals surface area (Å²) in [5.41, 5.74) is 0.886. The number of halogens is 2. The van der Waals surface area contributed by atoms with Crippen LogP contribution in [0.3, 0.4) is 0 Å². The van der Waals surface area contributed by atoms with E-state index in [4.69, 9.17) is 23.2 Å². The predicted molar refractivity (Wildman–Crippen MR) is 106 cm³/mol. The van der Waals surface area contributed by atoms with E-state index in [1.54, 1.807) is 17.8 Å². The summed E-state index contributed by atoms with van der Waals surface area (Å²) < 4.78 is 1.82. The molecule has 7 heteroatoms. The van der Waals surface area contributed by atoms with E-state index in [0.29, 0.717) is 10.0 Å². The van der Waals surface area contributed by atoms with Crippen molar-refractivity contribution in [3.8, 4) is 5.69 Å². The highest BCUT2D eigenvalue weighted by Crippen LogP contribution is 2.25. The van der Waals surface area contributed by atoms with Gasteiger partial charge in [-0.3, -0.25) is 0 Å². The van der Waals surface area contributed by atoms with Gasteiger partial charge in [-0.2, -0.15) is 0 Å². The summed E-state index contributed by atoms with van der Waals surface area (Å²) in [5, 5.41) is 6.49. The summed E-state index contributed by atoms with van der Waals surface area (Å²) in [6.45, 7) is 5.80. The first-order valence-corrected chi connectivity index (χ1v) is 10.6. The zero-order valence-electron chi connectivity index (χ0n) is 14.5. The van der Waals surface area contributed by atoms with Gasteiger partial charge >= 0.3 is 0 Å². The van der Waals surface area contributed by atoms with Gasteiger partial charge in [0.25, 0.3) is 0 Å². The second-order valence-electron chi connectivity index (χ2n) is 6.41. The van der Waals surface area contributed by atoms with Crippen LogP contribution in [-0.2, 0) is 0 Å². The summed E-state index contributed by atoms with van der Waals surface area (Å²) in [6, 6.07) is 5.51. The highest BCUT2D eigenvalue weighted by molar-refractivity contribution is 7.99. The predicted octanol–water partition coefficient (Wildman–Crippen LogP) is 5.24. The fraction of sp³-hybridized carbons (Fsp3) is 0.556. The van der Waals surface area contributed by atoms with Gasteiger partial charge in [-0.05, 0) is 70.4 Å². The third-order valence-electron chi connectivity index (χ3n) is 4.45. The summed E-state index contributed by atoms with van der Waals surface area (Å²) in [4.78, 5) is 7.13. The topological polar surface area (TPSA) is 34.0 Å². The summed E-state index contributed by atoms with van der Waals surface area (Å²) in [5.74, 6) is 1.92. The summed E-state index contributed by atoms with van der Waals surface area (Å²) in [7, 11) is 0. The van der Waals surface area contributed by atoms with Gasteiger partial charge in [-0.15, -0.1) is 5.10 Å². The molecule has 2 heterocycles.